The van der Waals surface area contributed by atoms with Gasteiger partial charge in [0.25, 0.3) is 0 Å². The van der Waals surface area contributed by atoms with Gasteiger partial charge in [-0.05, 0) is 19.8 Å². The number of carbonyl (C=O) groups excluding carboxylic acids is 1. The first kappa shape index (κ1) is 12.4. The third-order valence-electron chi connectivity index (χ3n) is 2.05. The van der Waals surface area contributed by atoms with E-state index in [2.05, 4.69) is 5.32 Å². The average molecular weight is 188 g/mol. The smallest absolute Gasteiger partial charge is 0.221 e. The summed E-state index contributed by atoms with van der Waals surface area (Å²) in [5.41, 5.74) is 5.10. The number of aliphatic hydroxyl groups is 1. The van der Waals surface area contributed by atoms with Crippen molar-refractivity contribution >= 4 is 5.91 Å². The third-order valence-corrected chi connectivity index (χ3v) is 2.05. The van der Waals surface area contributed by atoms with Crippen LogP contribution in [0.4, 0.5) is 0 Å². The molecule has 0 aromatic carbocycles. The second kappa shape index (κ2) is 6.86. The molecular weight excluding hydrogens is 168 g/mol. The second-order valence-electron chi connectivity index (χ2n) is 3.48. The van der Waals surface area contributed by atoms with Crippen LogP contribution in [0.25, 0.3) is 0 Å². The van der Waals surface area contributed by atoms with Crippen LogP contribution in [-0.4, -0.2) is 30.2 Å². The molecule has 0 aromatic heterocycles. The van der Waals surface area contributed by atoms with Crippen LogP contribution in [0.1, 0.15) is 26.7 Å². The zero-order valence-electron chi connectivity index (χ0n) is 8.42. The molecule has 0 heterocycles. The van der Waals surface area contributed by atoms with Crippen LogP contribution >= 0.6 is 0 Å². The molecule has 0 aliphatic rings. The second-order valence-corrected chi connectivity index (χ2v) is 3.48. The normalized spacial score (nSPS) is 15.3. The van der Waals surface area contributed by atoms with Gasteiger partial charge in [-0.2, -0.15) is 0 Å². The summed E-state index contributed by atoms with van der Waals surface area (Å²) in [6.07, 6.45) is 1.71. The highest BCUT2D eigenvalue weighted by Crippen LogP contribution is 1.97. The molecule has 0 aliphatic heterocycles. The summed E-state index contributed by atoms with van der Waals surface area (Å²) in [6.45, 7) is 4.66. The van der Waals surface area contributed by atoms with Crippen molar-refractivity contribution in [3.05, 3.63) is 0 Å². The van der Waals surface area contributed by atoms with Gasteiger partial charge in [-0.3, -0.25) is 4.79 Å². The van der Waals surface area contributed by atoms with Crippen LogP contribution in [0.2, 0.25) is 0 Å². The fourth-order valence-corrected chi connectivity index (χ4v) is 0.978. The number of nitrogens with two attached hydrogens (primary N) is 1. The van der Waals surface area contributed by atoms with Gasteiger partial charge in [-0.25, -0.2) is 0 Å². The van der Waals surface area contributed by atoms with E-state index in [4.69, 9.17) is 10.8 Å². The number of amides is 1. The van der Waals surface area contributed by atoms with E-state index in [1.54, 1.807) is 6.92 Å². The zero-order valence-corrected chi connectivity index (χ0v) is 8.42. The quantitative estimate of drug-likeness (QED) is 0.520. The fourth-order valence-electron chi connectivity index (χ4n) is 0.978. The Labute approximate surface area is 79.5 Å². The molecule has 78 valence electrons. The van der Waals surface area contributed by atoms with Gasteiger partial charge in [-0.1, -0.05) is 6.92 Å². The molecule has 0 fully saturated rings. The van der Waals surface area contributed by atoms with E-state index < -0.39 is 0 Å². The average Bonchev–Trinajstić information content (AvgIpc) is 2.10. The summed E-state index contributed by atoms with van der Waals surface area (Å²) in [5.74, 6) is -0.404. The van der Waals surface area contributed by atoms with Crippen molar-refractivity contribution in [2.45, 2.75) is 32.7 Å². The number of primary amides is 1. The summed E-state index contributed by atoms with van der Waals surface area (Å²) in [4.78, 5) is 10.7. The van der Waals surface area contributed by atoms with Crippen molar-refractivity contribution in [1.29, 1.82) is 0 Å². The Kier molecular flexibility index (Phi) is 6.54. The Balaban J connectivity index is 3.45. The topological polar surface area (TPSA) is 75.3 Å². The molecular formula is C9H20N2O2. The van der Waals surface area contributed by atoms with Gasteiger partial charge in [0.2, 0.25) is 5.91 Å². The number of rotatable bonds is 7. The van der Waals surface area contributed by atoms with E-state index in [1.165, 1.54) is 0 Å². The van der Waals surface area contributed by atoms with Crippen molar-refractivity contribution in [3.8, 4) is 0 Å². The molecule has 2 atom stereocenters. The molecule has 13 heavy (non-hydrogen) atoms. The summed E-state index contributed by atoms with van der Waals surface area (Å²) < 4.78 is 0. The molecule has 0 spiro atoms. The van der Waals surface area contributed by atoms with Crippen LogP contribution in [0.15, 0.2) is 0 Å². The van der Waals surface area contributed by atoms with Crippen molar-refractivity contribution in [3.63, 3.8) is 0 Å². The third kappa shape index (κ3) is 6.54. The number of nitrogens with one attached hydrogen (secondary N) is 1. The first-order chi connectivity index (χ1) is 6.07. The number of aliphatic hydroxyl groups excluding tert-OH is 1. The van der Waals surface area contributed by atoms with Gasteiger partial charge >= 0.3 is 0 Å². The lowest BCUT2D eigenvalue weighted by Crippen LogP contribution is -2.35. The Bertz CT molecular complexity index is 151. The molecule has 4 nitrogen and oxygen atoms in total. The van der Waals surface area contributed by atoms with E-state index in [9.17, 15) is 4.79 Å². The lowest BCUT2D eigenvalue weighted by Gasteiger charge is -2.15. The number of carbonyl (C=O) groups is 1. The predicted molar refractivity (Wildman–Crippen MR) is 52.1 cm³/mol. The van der Waals surface area contributed by atoms with E-state index in [1.807, 2.05) is 6.92 Å². The molecule has 0 rings (SSSR count). The zero-order chi connectivity index (χ0) is 10.3. The maximum atomic E-state index is 10.7. The van der Waals surface area contributed by atoms with Gasteiger partial charge in [0.1, 0.15) is 0 Å². The minimum atomic E-state index is -0.276. The Morgan fingerprint density at radius 3 is 2.62 bits per heavy atom. The van der Waals surface area contributed by atoms with E-state index in [0.29, 0.717) is 12.6 Å². The van der Waals surface area contributed by atoms with Crippen molar-refractivity contribution in [2.75, 3.05) is 13.2 Å². The van der Waals surface area contributed by atoms with Crippen LogP contribution in [0, 0.1) is 5.92 Å². The minimum Gasteiger partial charge on any atom is -0.396 e. The fraction of sp³-hybridized carbons (Fsp3) is 0.889. The molecule has 0 saturated carbocycles. The van der Waals surface area contributed by atoms with E-state index >= 15 is 0 Å². The first-order valence-corrected chi connectivity index (χ1v) is 4.71. The van der Waals surface area contributed by atoms with Crippen LogP contribution in [-0.2, 0) is 4.79 Å². The molecule has 1 amide bonds. The summed E-state index contributed by atoms with van der Waals surface area (Å²) in [5, 5.41) is 11.8. The Hall–Kier alpha value is -0.610. The van der Waals surface area contributed by atoms with Crippen molar-refractivity contribution < 1.29 is 9.90 Å². The van der Waals surface area contributed by atoms with Gasteiger partial charge in [0, 0.05) is 25.1 Å². The minimum absolute atomic E-state index is 0.128. The standard InChI is InChI=1S/C9H20N2O2/c1-7(9(10)13)6-11-8(2)4-3-5-12/h7-8,11-12H,3-6H2,1-2H3,(H2,10,13). The first-order valence-electron chi connectivity index (χ1n) is 4.71. The van der Waals surface area contributed by atoms with Gasteiger partial charge in [0.05, 0.1) is 0 Å². The van der Waals surface area contributed by atoms with Gasteiger partial charge in [0.15, 0.2) is 0 Å². The highest BCUT2D eigenvalue weighted by atomic mass is 16.2. The number of hydrogen-bond donors (Lipinski definition) is 3. The van der Waals surface area contributed by atoms with Gasteiger partial charge in [-0.15, -0.1) is 0 Å². The predicted octanol–water partition coefficient (Wildman–Crippen LogP) is -0.142. The highest BCUT2D eigenvalue weighted by molar-refractivity contribution is 5.76. The molecule has 0 bridgehead atoms. The maximum Gasteiger partial charge on any atom is 0.221 e. The molecule has 0 aliphatic carbocycles. The largest absolute Gasteiger partial charge is 0.396 e. The maximum absolute atomic E-state index is 10.7. The summed E-state index contributed by atoms with van der Waals surface area (Å²) >= 11 is 0. The van der Waals surface area contributed by atoms with Crippen LogP contribution < -0.4 is 11.1 Å². The van der Waals surface area contributed by atoms with Crippen molar-refractivity contribution in [1.82, 2.24) is 5.32 Å². The van der Waals surface area contributed by atoms with E-state index in [-0.39, 0.29) is 18.4 Å². The molecule has 2 unspecified atom stereocenters. The Morgan fingerprint density at radius 2 is 2.15 bits per heavy atom. The number of hydrogen-bond acceptors (Lipinski definition) is 3. The van der Waals surface area contributed by atoms with E-state index in [0.717, 1.165) is 12.8 Å². The van der Waals surface area contributed by atoms with Crippen LogP contribution in [0.5, 0.6) is 0 Å². The highest BCUT2D eigenvalue weighted by Gasteiger charge is 2.09. The molecule has 0 aromatic rings. The molecule has 4 N–H and O–H groups in total. The monoisotopic (exact) mass is 188 g/mol. The van der Waals surface area contributed by atoms with Crippen molar-refractivity contribution in [2.24, 2.45) is 11.7 Å². The lowest BCUT2D eigenvalue weighted by molar-refractivity contribution is -0.121. The molecule has 4 heteroatoms. The van der Waals surface area contributed by atoms with Gasteiger partial charge < -0.3 is 16.2 Å². The SMILES string of the molecule is CC(CCCO)NCC(C)C(N)=O. The Morgan fingerprint density at radius 1 is 1.54 bits per heavy atom. The lowest BCUT2D eigenvalue weighted by atomic mass is 10.1. The molecule has 0 radical (unpaired) electrons. The van der Waals surface area contributed by atoms with Crippen LogP contribution in [0.3, 0.4) is 0 Å². The summed E-state index contributed by atoms with van der Waals surface area (Å²) in [7, 11) is 0. The molecule has 0 saturated heterocycles. The summed E-state index contributed by atoms with van der Waals surface area (Å²) in [6, 6.07) is 0.328.